The summed E-state index contributed by atoms with van der Waals surface area (Å²) < 4.78 is 23.2. The molecule has 0 aliphatic carbocycles. The fraction of sp³-hybridized carbons (Fsp3) is 1.00. The van der Waals surface area contributed by atoms with E-state index in [0.29, 0.717) is 0 Å². The van der Waals surface area contributed by atoms with E-state index in [0.717, 1.165) is 0 Å². The highest BCUT2D eigenvalue weighted by Crippen LogP contribution is 2.29. The molecule has 0 aromatic rings. The molecule has 0 bridgehead atoms. The highest BCUT2D eigenvalue weighted by Gasteiger charge is 2.34. The van der Waals surface area contributed by atoms with Crippen LogP contribution in [-0.4, -0.2) is 21.4 Å². The van der Waals surface area contributed by atoms with Gasteiger partial charge in [-0.3, -0.25) is 0 Å². The van der Waals surface area contributed by atoms with E-state index in [4.69, 9.17) is 0 Å². The second-order valence-electron chi connectivity index (χ2n) is 1.52. The van der Waals surface area contributed by atoms with E-state index < -0.39 is 10.7 Å². The minimum atomic E-state index is -1.93. The van der Waals surface area contributed by atoms with E-state index >= 15 is 0 Å². The second-order valence-corrected chi connectivity index (χ2v) is 4.04. The maximum absolute atomic E-state index is 12.7. The second kappa shape index (κ2) is 4.23. The minimum absolute atomic E-state index is 0.000347. The van der Waals surface area contributed by atoms with Crippen molar-refractivity contribution in [2.75, 3.05) is 10.7 Å². The highest BCUT2D eigenvalue weighted by atomic mass is 79.9. The Hall–Kier alpha value is 1.30. The molecule has 0 heterocycles. The molecule has 0 aliphatic rings. The third-order valence-corrected chi connectivity index (χ3v) is 3.69. The molecule has 0 radical (unpaired) electrons. The Labute approximate surface area is 77.8 Å². The molecule has 0 N–H and O–H groups in total. The summed E-state index contributed by atoms with van der Waals surface area (Å²) in [5.41, 5.74) is 0. The molecular formula is C4H5Br3F2. The SMILES string of the molecule is FC(CBr)C(F)(Br)CBr. The van der Waals surface area contributed by atoms with E-state index in [1.165, 1.54) is 0 Å². The molecule has 0 aromatic carbocycles. The van der Waals surface area contributed by atoms with Crippen LogP contribution < -0.4 is 0 Å². The van der Waals surface area contributed by atoms with Crippen LogP contribution in [0.5, 0.6) is 0 Å². The minimum Gasteiger partial charge on any atom is -0.242 e. The van der Waals surface area contributed by atoms with E-state index in [2.05, 4.69) is 47.8 Å². The zero-order valence-electron chi connectivity index (χ0n) is 4.38. The zero-order chi connectivity index (χ0) is 7.49. The van der Waals surface area contributed by atoms with Crippen LogP contribution in [0.4, 0.5) is 8.78 Å². The lowest BCUT2D eigenvalue weighted by Gasteiger charge is -2.17. The average Bonchev–Trinajstić information content (AvgIpc) is 1.86. The maximum atomic E-state index is 12.7. The van der Waals surface area contributed by atoms with E-state index in [-0.39, 0.29) is 10.7 Å². The number of alkyl halides is 5. The lowest BCUT2D eigenvalue weighted by atomic mass is 10.3. The van der Waals surface area contributed by atoms with Crippen LogP contribution in [0.1, 0.15) is 0 Å². The summed E-state index contributed by atoms with van der Waals surface area (Å²) in [5, 5.41) is -0.0485. The summed E-state index contributed by atoms with van der Waals surface area (Å²) in [5.74, 6) is 0. The van der Waals surface area contributed by atoms with Gasteiger partial charge in [0.1, 0.15) is 0 Å². The standard InChI is InChI=1S/C4H5Br3F2/c5-1-3(8)4(7,9)2-6/h3H,1-2H2. The van der Waals surface area contributed by atoms with Crippen LogP contribution in [0.3, 0.4) is 0 Å². The molecule has 0 aliphatic heterocycles. The van der Waals surface area contributed by atoms with Gasteiger partial charge in [0.05, 0.1) is 5.33 Å². The van der Waals surface area contributed by atoms with Crippen molar-refractivity contribution in [1.29, 1.82) is 0 Å². The van der Waals surface area contributed by atoms with Gasteiger partial charge in [0.15, 0.2) is 6.17 Å². The van der Waals surface area contributed by atoms with Crippen LogP contribution in [0.25, 0.3) is 0 Å². The summed E-state index contributed by atoms with van der Waals surface area (Å²) in [6.45, 7) is 0. The topological polar surface area (TPSA) is 0 Å². The fourth-order valence-electron chi connectivity index (χ4n) is 0.197. The van der Waals surface area contributed by atoms with Crippen molar-refractivity contribution in [2.24, 2.45) is 0 Å². The molecule has 2 unspecified atom stereocenters. The Bertz CT molecular complexity index is 85.9. The molecule has 0 aromatic heterocycles. The maximum Gasteiger partial charge on any atom is 0.206 e. The Balaban J connectivity index is 3.80. The first kappa shape index (κ1) is 10.3. The van der Waals surface area contributed by atoms with Gasteiger partial charge < -0.3 is 0 Å². The molecular weight excluding hydrogens is 326 g/mol. The lowest BCUT2D eigenvalue weighted by Crippen LogP contribution is -2.30. The van der Waals surface area contributed by atoms with Gasteiger partial charge in [-0.25, -0.2) is 8.78 Å². The van der Waals surface area contributed by atoms with Crippen LogP contribution in [0, 0.1) is 0 Å². The first-order valence-corrected chi connectivity index (χ1v) is 5.22. The number of hydrogen-bond donors (Lipinski definition) is 0. The van der Waals surface area contributed by atoms with Crippen molar-refractivity contribution in [3.8, 4) is 0 Å². The molecule has 56 valence electrons. The summed E-state index contributed by atoms with van der Waals surface area (Å²) >= 11 is 8.24. The van der Waals surface area contributed by atoms with Gasteiger partial charge in [0.25, 0.3) is 0 Å². The summed E-state index contributed by atoms with van der Waals surface area (Å²) in [6, 6.07) is 0. The van der Waals surface area contributed by atoms with Crippen molar-refractivity contribution in [3.63, 3.8) is 0 Å². The van der Waals surface area contributed by atoms with Gasteiger partial charge in [0.2, 0.25) is 4.58 Å². The normalized spacial score (nSPS) is 21.0. The predicted octanol–water partition coefficient (Wildman–Crippen LogP) is 3.18. The van der Waals surface area contributed by atoms with Crippen molar-refractivity contribution >= 4 is 47.8 Å². The smallest absolute Gasteiger partial charge is 0.206 e. The number of halogens is 5. The average molecular weight is 331 g/mol. The molecule has 2 atom stereocenters. The Morgan fingerprint density at radius 3 is 2.00 bits per heavy atom. The number of rotatable bonds is 3. The molecule has 0 saturated carbocycles. The monoisotopic (exact) mass is 328 g/mol. The molecule has 0 saturated heterocycles. The van der Waals surface area contributed by atoms with Crippen molar-refractivity contribution in [1.82, 2.24) is 0 Å². The quantitative estimate of drug-likeness (QED) is 0.697. The van der Waals surface area contributed by atoms with Gasteiger partial charge in [-0.05, 0) is 15.9 Å². The Morgan fingerprint density at radius 2 is 1.89 bits per heavy atom. The Kier molecular flexibility index (Phi) is 4.85. The zero-order valence-corrected chi connectivity index (χ0v) is 9.14. The first-order chi connectivity index (χ1) is 4.04. The van der Waals surface area contributed by atoms with E-state index in [1.807, 2.05) is 0 Å². The van der Waals surface area contributed by atoms with Gasteiger partial charge in [0, 0.05) is 5.33 Å². The first-order valence-electron chi connectivity index (χ1n) is 2.18. The Morgan fingerprint density at radius 1 is 1.44 bits per heavy atom. The predicted molar refractivity (Wildman–Crippen MR) is 45.3 cm³/mol. The molecule has 5 heteroatoms. The molecule has 0 fully saturated rings. The van der Waals surface area contributed by atoms with Crippen molar-refractivity contribution in [3.05, 3.63) is 0 Å². The molecule has 0 amide bonds. The van der Waals surface area contributed by atoms with Crippen LogP contribution >= 0.6 is 47.8 Å². The fourth-order valence-corrected chi connectivity index (χ4v) is 1.66. The molecule has 0 rings (SSSR count). The highest BCUT2D eigenvalue weighted by molar-refractivity contribution is 9.12. The van der Waals surface area contributed by atoms with Crippen LogP contribution in [0.2, 0.25) is 0 Å². The molecule has 0 nitrogen and oxygen atoms in total. The summed E-state index contributed by atoms with van der Waals surface area (Å²) in [7, 11) is 0. The third kappa shape index (κ3) is 3.28. The number of hydrogen-bond acceptors (Lipinski definition) is 0. The lowest BCUT2D eigenvalue weighted by molar-refractivity contribution is 0.184. The summed E-state index contributed by atoms with van der Waals surface area (Å²) in [6.07, 6.45) is -1.52. The van der Waals surface area contributed by atoms with Gasteiger partial charge in [-0.2, -0.15) is 0 Å². The van der Waals surface area contributed by atoms with Gasteiger partial charge in [-0.1, -0.05) is 31.9 Å². The largest absolute Gasteiger partial charge is 0.242 e. The third-order valence-electron chi connectivity index (χ3n) is 0.772. The van der Waals surface area contributed by atoms with Crippen molar-refractivity contribution < 1.29 is 8.78 Å². The van der Waals surface area contributed by atoms with E-state index in [1.54, 1.807) is 0 Å². The van der Waals surface area contributed by atoms with Crippen LogP contribution in [0.15, 0.2) is 0 Å². The van der Waals surface area contributed by atoms with E-state index in [9.17, 15) is 8.78 Å². The van der Waals surface area contributed by atoms with Gasteiger partial charge in [-0.15, -0.1) is 0 Å². The van der Waals surface area contributed by atoms with Gasteiger partial charge >= 0.3 is 0 Å². The molecule has 0 spiro atoms. The molecule has 9 heavy (non-hydrogen) atoms. The van der Waals surface area contributed by atoms with Crippen LogP contribution in [-0.2, 0) is 0 Å². The van der Waals surface area contributed by atoms with Crippen molar-refractivity contribution in [2.45, 2.75) is 10.7 Å². The summed E-state index contributed by atoms with van der Waals surface area (Å²) in [4.78, 5) is 0.